The van der Waals surface area contributed by atoms with Gasteiger partial charge in [0.1, 0.15) is 0 Å². The average molecular weight is 184 g/mol. The van der Waals surface area contributed by atoms with Gasteiger partial charge in [-0.15, -0.1) is 0 Å². The first-order valence-electron chi connectivity index (χ1n) is 5.15. The molecule has 1 saturated carbocycles. The maximum absolute atomic E-state index is 5.59. The number of epoxide rings is 1. The number of hydrogen-bond acceptors (Lipinski definition) is 1. The summed E-state index contributed by atoms with van der Waals surface area (Å²) < 4.78 is 5.59. The summed E-state index contributed by atoms with van der Waals surface area (Å²) in [4.78, 5) is 0. The van der Waals surface area contributed by atoms with Gasteiger partial charge >= 0.3 is 0 Å². The molecule has 70 valence electrons. The molecule has 0 spiro atoms. The molecule has 1 aliphatic heterocycles. The largest absolute Gasteiger partial charge is 0.352 e. The Labute approximate surface area is 84.1 Å². The van der Waals surface area contributed by atoms with Crippen LogP contribution in [0.5, 0.6) is 0 Å². The molecule has 0 aromatic heterocycles. The molecule has 3 rings (SSSR count). The van der Waals surface area contributed by atoms with Crippen molar-refractivity contribution in [3.8, 4) is 11.8 Å². The van der Waals surface area contributed by atoms with E-state index in [0.717, 1.165) is 12.0 Å². The van der Waals surface area contributed by atoms with Crippen LogP contribution in [0.15, 0.2) is 30.3 Å². The Kier molecular flexibility index (Phi) is 1.65. The highest BCUT2D eigenvalue weighted by Gasteiger charge is 2.58. The zero-order valence-corrected chi connectivity index (χ0v) is 7.99. The molecule has 1 aliphatic carbocycles. The quantitative estimate of drug-likeness (QED) is 0.445. The van der Waals surface area contributed by atoms with E-state index in [9.17, 15) is 0 Å². The minimum absolute atomic E-state index is 0.0458. The Hall–Kier alpha value is -1.26. The van der Waals surface area contributed by atoms with Crippen molar-refractivity contribution in [3.63, 3.8) is 0 Å². The fourth-order valence-corrected chi connectivity index (χ4v) is 2.15. The molecule has 1 aromatic carbocycles. The Morgan fingerprint density at radius 1 is 1.29 bits per heavy atom. The van der Waals surface area contributed by atoms with Crippen LogP contribution in [-0.4, -0.2) is 11.7 Å². The van der Waals surface area contributed by atoms with E-state index in [1.165, 1.54) is 12.8 Å². The van der Waals surface area contributed by atoms with E-state index in [0.29, 0.717) is 6.10 Å². The van der Waals surface area contributed by atoms with Crippen LogP contribution in [0.2, 0.25) is 0 Å². The highest BCUT2D eigenvalue weighted by Crippen LogP contribution is 2.49. The van der Waals surface area contributed by atoms with Gasteiger partial charge in [0.15, 0.2) is 5.60 Å². The van der Waals surface area contributed by atoms with Gasteiger partial charge in [0.2, 0.25) is 0 Å². The standard InChI is InChI=1S/C13H12O/c1-2-5-11(6-3-1)8-10-13-9-4-7-12(13)14-13/h1-3,5-6,12H,4,7,9H2/t12-,13-/m1/s1. The summed E-state index contributed by atoms with van der Waals surface area (Å²) in [6, 6.07) is 10.1. The average Bonchev–Trinajstić information content (AvgIpc) is 2.80. The molecule has 2 aliphatic rings. The van der Waals surface area contributed by atoms with Crippen molar-refractivity contribution >= 4 is 0 Å². The second-order valence-electron chi connectivity index (χ2n) is 4.00. The van der Waals surface area contributed by atoms with Gasteiger partial charge in [-0.1, -0.05) is 30.0 Å². The second kappa shape index (κ2) is 2.87. The van der Waals surface area contributed by atoms with Crippen molar-refractivity contribution in [3.05, 3.63) is 35.9 Å². The first-order chi connectivity index (χ1) is 6.89. The van der Waals surface area contributed by atoms with Gasteiger partial charge in [-0.25, -0.2) is 0 Å². The number of ether oxygens (including phenoxy) is 1. The van der Waals surface area contributed by atoms with Crippen molar-refractivity contribution in [1.29, 1.82) is 0 Å². The summed E-state index contributed by atoms with van der Waals surface area (Å²) in [7, 11) is 0. The van der Waals surface area contributed by atoms with Gasteiger partial charge < -0.3 is 4.74 Å². The Bertz CT molecular complexity index is 398. The molecule has 0 amide bonds. The molecule has 1 nitrogen and oxygen atoms in total. The van der Waals surface area contributed by atoms with E-state index < -0.39 is 0 Å². The zero-order chi connectivity index (χ0) is 9.43. The number of fused-ring (bicyclic) bond motifs is 1. The smallest absolute Gasteiger partial charge is 0.155 e. The molecule has 0 N–H and O–H groups in total. The Morgan fingerprint density at radius 3 is 2.79 bits per heavy atom. The summed E-state index contributed by atoms with van der Waals surface area (Å²) in [6.07, 6.45) is 4.04. The molecule has 1 aromatic rings. The van der Waals surface area contributed by atoms with E-state index in [2.05, 4.69) is 11.8 Å². The minimum atomic E-state index is -0.0458. The topological polar surface area (TPSA) is 12.5 Å². The fourth-order valence-electron chi connectivity index (χ4n) is 2.15. The van der Waals surface area contributed by atoms with Gasteiger partial charge in [-0.05, 0) is 31.4 Å². The molecular weight excluding hydrogens is 172 g/mol. The van der Waals surface area contributed by atoms with Gasteiger partial charge in [-0.2, -0.15) is 0 Å². The normalized spacial score (nSPS) is 33.0. The summed E-state index contributed by atoms with van der Waals surface area (Å²) in [5.41, 5.74) is 1.04. The molecule has 1 saturated heterocycles. The van der Waals surface area contributed by atoms with Crippen LogP contribution in [0.3, 0.4) is 0 Å². The molecule has 2 atom stereocenters. The fraction of sp³-hybridized carbons (Fsp3) is 0.385. The summed E-state index contributed by atoms with van der Waals surface area (Å²) in [6.45, 7) is 0. The van der Waals surface area contributed by atoms with Crippen LogP contribution < -0.4 is 0 Å². The van der Waals surface area contributed by atoms with Crippen LogP contribution in [0.25, 0.3) is 0 Å². The highest BCUT2D eigenvalue weighted by atomic mass is 16.6. The van der Waals surface area contributed by atoms with Gasteiger partial charge in [0.25, 0.3) is 0 Å². The van der Waals surface area contributed by atoms with E-state index in [1.54, 1.807) is 0 Å². The third-order valence-corrected chi connectivity index (χ3v) is 3.02. The Morgan fingerprint density at radius 2 is 2.14 bits per heavy atom. The van der Waals surface area contributed by atoms with Gasteiger partial charge in [0.05, 0.1) is 6.10 Å². The van der Waals surface area contributed by atoms with Crippen molar-refractivity contribution in [2.75, 3.05) is 0 Å². The summed E-state index contributed by atoms with van der Waals surface area (Å²) in [5, 5.41) is 0. The predicted molar refractivity (Wildman–Crippen MR) is 54.8 cm³/mol. The summed E-state index contributed by atoms with van der Waals surface area (Å²) >= 11 is 0. The maximum atomic E-state index is 5.59. The van der Waals surface area contributed by atoms with E-state index in [-0.39, 0.29) is 5.60 Å². The van der Waals surface area contributed by atoms with Crippen LogP contribution >= 0.6 is 0 Å². The van der Waals surface area contributed by atoms with Gasteiger partial charge in [-0.3, -0.25) is 0 Å². The molecule has 14 heavy (non-hydrogen) atoms. The molecular formula is C13H12O. The third kappa shape index (κ3) is 1.23. The number of benzene rings is 1. The lowest BCUT2D eigenvalue weighted by atomic mass is 10.1. The van der Waals surface area contributed by atoms with E-state index in [1.807, 2.05) is 30.3 Å². The van der Waals surface area contributed by atoms with Crippen molar-refractivity contribution < 1.29 is 4.74 Å². The first-order valence-corrected chi connectivity index (χ1v) is 5.15. The maximum Gasteiger partial charge on any atom is 0.155 e. The molecule has 1 heteroatoms. The van der Waals surface area contributed by atoms with Crippen molar-refractivity contribution in [1.82, 2.24) is 0 Å². The zero-order valence-electron chi connectivity index (χ0n) is 7.99. The monoisotopic (exact) mass is 184 g/mol. The highest BCUT2D eigenvalue weighted by molar-refractivity contribution is 5.39. The van der Waals surface area contributed by atoms with E-state index in [4.69, 9.17) is 4.74 Å². The number of hydrogen-bond donors (Lipinski definition) is 0. The molecule has 2 fully saturated rings. The SMILES string of the molecule is C(#C[C@]12CCC[C@H]1O2)c1ccccc1. The lowest BCUT2D eigenvalue weighted by molar-refractivity contribution is 0.290. The Balaban J connectivity index is 1.82. The van der Waals surface area contributed by atoms with Crippen molar-refractivity contribution in [2.24, 2.45) is 0 Å². The molecule has 0 unspecified atom stereocenters. The van der Waals surface area contributed by atoms with Gasteiger partial charge in [0, 0.05) is 5.56 Å². The lowest BCUT2D eigenvalue weighted by Crippen LogP contribution is -2.04. The third-order valence-electron chi connectivity index (χ3n) is 3.02. The molecule has 1 heterocycles. The lowest BCUT2D eigenvalue weighted by Gasteiger charge is -1.95. The van der Waals surface area contributed by atoms with Crippen LogP contribution in [0.1, 0.15) is 24.8 Å². The minimum Gasteiger partial charge on any atom is -0.352 e. The van der Waals surface area contributed by atoms with E-state index >= 15 is 0 Å². The van der Waals surface area contributed by atoms with Crippen LogP contribution in [0.4, 0.5) is 0 Å². The first kappa shape index (κ1) is 8.08. The summed E-state index contributed by atoms with van der Waals surface area (Å²) in [5.74, 6) is 6.47. The molecule has 0 radical (unpaired) electrons. The number of rotatable bonds is 0. The predicted octanol–water partition coefficient (Wildman–Crippen LogP) is 2.36. The molecule has 0 bridgehead atoms. The van der Waals surface area contributed by atoms with Crippen molar-refractivity contribution in [2.45, 2.75) is 31.0 Å². The van der Waals surface area contributed by atoms with Crippen LogP contribution in [-0.2, 0) is 4.74 Å². The second-order valence-corrected chi connectivity index (χ2v) is 4.00. The van der Waals surface area contributed by atoms with Crippen LogP contribution in [0, 0.1) is 11.8 Å².